The normalized spacial score (nSPS) is 10.6. The van der Waals surface area contributed by atoms with Gasteiger partial charge >= 0.3 is 0 Å². The molecule has 4 nitrogen and oxygen atoms in total. The highest BCUT2D eigenvalue weighted by atomic mass is 79.9. The van der Waals surface area contributed by atoms with Crippen molar-refractivity contribution in [3.05, 3.63) is 34.3 Å². The quantitative estimate of drug-likeness (QED) is 0.647. The van der Waals surface area contributed by atoms with Gasteiger partial charge in [0.1, 0.15) is 0 Å². The van der Waals surface area contributed by atoms with Crippen LogP contribution in [0.5, 0.6) is 0 Å². The lowest BCUT2D eigenvalue weighted by Crippen LogP contribution is -2.36. The van der Waals surface area contributed by atoms with E-state index in [2.05, 4.69) is 15.9 Å². The maximum atomic E-state index is 12.4. The highest BCUT2D eigenvalue weighted by Crippen LogP contribution is 2.12. The summed E-state index contributed by atoms with van der Waals surface area (Å²) in [4.78, 5) is 14.2. The van der Waals surface area contributed by atoms with Crippen LogP contribution in [0.3, 0.4) is 0 Å². The molecule has 0 saturated carbocycles. The van der Waals surface area contributed by atoms with Gasteiger partial charge in [0.2, 0.25) is 0 Å². The smallest absolute Gasteiger partial charge is 0.254 e. The summed E-state index contributed by atoms with van der Waals surface area (Å²) in [5, 5.41) is 0. The van der Waals surface area contributed by atoms with E-state index in [9.17, 15) is 4.79 Å². The number of amides is 1. The number of halogens is 1. The topological polar surface area (TPSA) is 38.8 Å². The van der Waals surface area contributed by atoms with Crippen LogP contribution in [-0.2, 0) is 9.47 Å². The zero-order valence-electron chi connectivity index (χ0n) is 12.1. The predicted octanol–water partition coefficient (Wildman–Crippen LogP) is 2.96. The van der Waals surface area contributed by atoms with E-state index in [-0.39, 0.29) is 5.91 Å². The molecule has 0 unspecified atom stereocenters. The van der Waals surface area contributed by atoms with Crippen molar-refractivity contribution in [2.75, 3.05) is 39.5 Å². The Labute approximate surface area is 129 Å². The van der Waals surface area contributed by atoms with Gasteiger partial charge < -0.3 is 14.4 Å². The van der Waals surface area contributed by atoms with E-state index in [0.717, 1.165) is 4.47 Å². The minimum absolute atomic E-state index is 0.0110. The molecule has 0 atom stereocenters. The van der Waals surface area contributed by atoms with E-state index < -0.39 is 0 Å². The molecule has 0 aliphatic heterocycles. The van der Waals surface area contributed by atoms with Crippen LogP contribution in [0.25, 0.3) is 0 Å². The second-order valence-electron chi connectivity index (χ2n) is 4.19. The van der Waals surface area contributed by atoms with E-state index in [1.807, 2.05) is 38.1 Å². The molecule has 0 saturated heterocycles. The molecule has 0 aromatic heterocycles. The van der Waals surface area contributed by atoms with Gasteiger partial charge in [-0.05, 0) is 38.1 Å². The third kappa shape index (κ3) is 6.03. The number of hydrogen-bond donors (Lipinski definition) is 0. The molecular formula is C15H22BrNO3. The van der Waals surface area contributed by atoms with Gasteiger partial charge in [0.25, 0.3) is 5.91 Å². The number of hydrogen-bond acceptors (Lipinski definition) is 3. The molecule has 1 amide bonds. The van der Waals surface area contributed by atoms with E-state index in [1.54, 1.807) is 4.90 Å². The standard InChI is InChI=1S/C15H22BrNO3/c1-3-19-11-9-17(10-12-20-4-2)15(18)13-5-7-14(16)8-6-13/h5-8H,3-4,9-12H2,1-2H3. The Morgan fingerprint density at radius 3 is 2.00 bits per heavy atom. The lowest BCUT2D eigenvalue weighted by atomic mass is 10.2. The number of carbonyl (C=O) groups is 1. The summed E-state index contributed by atoms with van der Waals surface area (Å²) >= 11 is 3.37. The Bertz CT molecular complexity index is 385. The van der Waals surface area contributed by atoms with Gasteiger partial charge in [-0.25, -0.2) is 0 Å². The van der Waals surface area contributed by atoms with Gasteiger partial charge in [-0.3, -0.25) is 4.79 Å². The fourth-order valence-electron chi connectivity index (χ4n) is 1.73. The molecular weight excluding hydrogens is 322 g/mol. The van der Waals surface area contributed by atoms with Crippen LogP contribution in [-0.4, -0.2) is 50.3 Å². The van der Waals surface area contributed by atoms with Crippen LogP contribution >= 0.6 is 15.9 Å². The molecule has 0 spiro atoms. The molecule has 0 heterocycles. The van der Waals surface area contributed by atoms with Crippen molar-refractivity contribution in [3.63, 3.8) is 0 Å². The van der Waals surface area contributed by atoms with Gasteiger partial charge in [-0.1, -0.05) is 15.9 Å². The highest BCUT2D eigenvalue weighted by Gasteiger charge is 2.15. The number of rotatable bonds is 9. The molecule has 0 aliphatic rings. The second kappa shape index (κ2) is 9.91. The van der Waals surface area contributed by atoms with E-state index in [0.29, 0.717) is 45.1 Å². The van der Waals surface area contributed by atoms with Crippen LogP contribution in [0.2, 0.25) is 0 Å². The number of ether oxygens (including phenoxy) is 2. The van der Waals surface area contributed by atoms with Crippen molar-refractivity contribution < 1.29 is 14.3 Å². The molecule has 0 bridgehead atoms. The van der Waals surface area contributed by atoms with Gasteiger partial charge in [-0.15, -0.1) is 0 Å². The number of nitrogens with zero attached hydrogens (tertiary/aromatic N) is 1. The first-order valence-corrected chi connectivity index (χ1v) is 7.68. The van der Waals surface area contributed by atoms with Crippen molar-refractivity contribution in [3.8, 4) is 0 Å². The molecule has 112 valence electrons. The largest absolute Gasteiger partial charge is 0.380 e. The molecule has 0 fully saturated rings. The summed E-state index contributed by atoms with van der Waals surface area (Å²) in [6.45, 7) is 7.46. The maximum absolute atomic E-state index is 12.4. The zero-order chi connectivity index (χ0) is 14.8. The van der Waals surface area contributed by atoms with Crippen LogP contribution in [0.1, 0.15) is 24.2 Å². The van der Waals surface area contributed by atoms with Gasteiger partial charge in [0.15, 0.2) is 0 Å². The first-order valence-electron chi connectivity index (χ1n) is 6.89. The third-order valence-electron chi connectivity index (χ3n) is 2.80. The summed E-state index contributed by atoms with van der Waals surface area (Å²) in [5.74, 6) is 0.0110. The Morgan fingerprint density at radius 2 is 1.55 bits per heavy atom. The fourth-order valence-corrected chi connectivity index (χ4v) is 1.99. The monoisotopic (exact) mass is 343 g/mol. The van der Waals surface area contributed by atoms with Crippen molar-refractivity contribution in [1.82, 2.24) is 4.90 Å². The summed E-state index contributed by atoms with van der Waals surface area (Å²) in [5.41, 5.74) is 0.682. The minimum Gasteiger partial charge on any atom is -0.380 e. The Balaban J connectivity index is 2.63. The molecule has 0 N–H and O–H groups in total. The van der Waals surface area contributed by atoms with Crippen LogP contribution < -0.4 is 0 Å². The Morgan fingerprint density at radius 1 is 1.05 bits per heavy atom. The molecule has 1 aromatic carbocycles. The Kier molecular flexibility index (Phi) is 8.49. The predicted molar refractivity (Wildman–Crippen MR) is 83.0 cm³/mol. The zero-order valence-corrected chi connectivity index (χ0v) is 13.7. The van der Waals surface area contributed by atoms with E-state index >= 15 is 0 Å². The molecule has 20 heavy (non-hydrogen) atoms. The van der Waals surface area contributed by atoms with Crippen molar-refractivity contribution in [2.45, 2.75) is 13.8 Å². The first-order chi connectivity index (χ1) is 9.69. The molecule has 0 radical (unpaired) electrons. The molecule has 1 aromatic rings. The van der Waals surface area contributed by atoms with Crippen molar-refractivity contribution in [1.29, 1.82) is 0 Å². The Hall–Kier alpha value is -0.910. The lowest BCUT2D eigenvalue weighted by molar-refractivity contribution is 0.0550. The van der Waals surface area contributed by atoms with E-state index in [1.165, 1.54) is 0 Å². The average Bonchev–Trinajstić information content (AvgIpc) is 2.46. The van der Waals surface area contributed by atoms with Crippen LogP contribution in [0.4, 0.5) is 0 Å². The average molecular weight is 344 g/mol. The van der Waals surface area contributed by atoms with Crippen molar-refractivity contribution >= 4 is 21.8 Å². The summed E-state index contributed by atoms with van der Waals surface area (Å²) in [6, 6.07) is 7.38. The summed E-state index contributed by atoms with van der Waals surface area (Å²) in [7, 11) is 0. The summed E-state index contributed by atoms with van der Waals surface area (Å²) < 4.78 is 11.6. The number of carbonyl (C=O) groups excluding carboxylic acids is 1. The summed E-state index contributed by atoms with van der Waals surface area (Å²) in [6.07, 6.45) is 0. The van der Waals surface area contributed by atoms with Gasteiger partial charge in [0, 0.05) is 36.3 Å². The second-order valence-corrected chi connectivity index (χ2v) is 5.11. The molecule has 5 heteroatoms. The van der Waals surface area contributed by atoms with Gasteiger partial charge in [-0.2, -0.15) is 0 Å². The molecule has 1 rings (SSSR count). The van der Waals surface area contributed by atoms with Crippen LogP contribution in [0, 0.1) is 0 Å². The van der Waals surface area contributed by atoms with E-state index in [4.69, 9.17) is 9.47 Å². The third-order valence-corrected chi connectivity index (χ3v) is 3.33. The van der Waals surface area contributed by atoms with Crippen molar-refractivity contribution in [2.24, 2.45) is 0 Å². The first kappa shape index (κ1) is 17.1. The SMILES string of the molecule is CCOCCN(CCOCC)C(=O)c1ccc(Br)cc1. The molecule has 0 aliphatic carbocycles. The number of benzene rings is 1. The van der Waals surface area contributed by atoms with Crippen LogP contribution in [0.15, 0.2) is 28.7 Å². The lowest BCUT2D eigenvalue weighted by Gasteiger charge is -2.22. The van der Waals surface area contributed by atoms with Gasteiger partial charge in [0.05, 0.1) is 13.2 Å². The fraction of sp³-hybridized carbons (Fsp3) is 0.533. The highest BCUT2D eigenvalue weighted by molar-refractivity contribution is 9.10. The maximum Gasteiger partial charge on any atom is 0.254 e. The minimum atomic E-state index is 0.0110.